The van der Waals surface area contributed by atoms with Gasteiger partial charge in [0, 0.05) is 145 Å². The molecule has 0 fully saturated rings. The highest BCUT2D eigenvalue weighted by Crippen LogP contribution is 2.29. The van der Waals surface area contributed by atoms with Gasteiger partial charge in [-0.05, 0) is 95.0 Å². The quantitative estimate of drug-likeness (QED) is 0.0240. The molecule has 0 saturated carbocycles. The van der Waals surface area contributed by atoms with E-state index in [-0.39, 0.29) is 205 Å². The van der Waals surface area contributed by atoms with E-state index in [9.17, 15) is 43.2 Å². The molecule has 2 aliphatic heterocycles. The average molecular weight is 1630 g/mol. The van der Waals surface area contributed by atoms with Crippen molar-refractivity contribution in [2.75, 3.05) is 230 Å². The molecule has 32 nitrogen and oxygen atoms in total. The van der Waals surface area contributed by atoms with Crippen molar-refractivity contribution < 1.29 is 90.5 Å². The molecule has 644 valence electrons. The van der Waals surface area contributed by atoms with E-state index in [0.717, 1.165) is 25.7 Å². The third kappa shape index (κ3) is 35.3. The summed E-state index contributed by atoms with van der Waals surface area (Å²) in [5.41, 5.74) is 0.699. The Kier molecular flexibility index (Phi) is 45.6. The van der Waals surface area contributed by atoms with Gasteiger partial charge in [-0.2, -0.15) is 0 Å². The number of hydrogen-bond donors (Lipinski definition) is 9. The van der Waals surface area contributed by atoms with Crippen molar-refractivity contribution in [2.45, 2.75) is 105 Å². The Labute approximate surface area is 684 Å². The number of hydrogen-bond acceptors (Lipinski definition) is 23. The van der Waals surface area contributed by atoms with E-state index in [1.807, 2.05) is 37.5 Å². The Bertz CT molecular complexity index is 3450. The lowest BCUT2D eigenvalue weighted by Crippen LogP contribution is -2.46. The Morgan fingerprint density at radius 3 is 0.784 bits per heavy atom. The summed E-state index contributed by atoms with van der Waals surface area (Å²) in [6.45, 7) is 22.7. The van der Waals surface area contributed by atoms with E-state index >= 15 is 0 Å². The van der Waals surface area contributed by atoms with Crippen LogP contribution in [0.15, 0.2) is 72.8 Å². The van der Waals surface area contributed by atoms with Crippen molar-refractivity contribution >= 4 is 53.4 Å². The maximum absolute atomic E-state index is 14.6. The van der Waals surface area contributed by atoms with Crippen LogP contribution in [0.4, 0.5) is 4.79 Å². The molecule has 2 aliphatic rings. The maximum atomic E-state index is 14.6. The van der Waals surface area contributed by atoms with Crippen LogP contribution >= 0.6 is 0 Å². The number of para-hydroxylation sites is 4. The summed E-state index contributed by atoms with van der Waals surface area (Å²) in [7, 11) is 1.60. The van der Waals surface area contributed by atoms with Gasteiger partial charge in [0.1, 0.15) is 28.6 Å². The summed E-state index contributed by atoms with van der Waals surface area (Å²) >= 11 is 0. The first kappa shape index (κ1) is 95.6. The molecule has 32 heteroatoms. The summed E-state index contributed by atoms with van der Waals surface area (Å²) in [5, 5.41) is 27.0. The van der Waals surface area contributed by atoms with Crippen LogP contribution in [0.3, 0.4) is 0 Å². The molecule has 0 atom stereocenters. The Morgan fingerprint density at radius 2 is 0.552 bits per heavy atom. The summed E-state index contributed by atoms with van der Waals surface area (Å²) < 4.78 is 58.6. The monoisotopic (exact) mass is 1620 g/mol. The van der Waals surface area contributed by atoms with Crippen molar-refractivity contribution in [2.24, 2.45) is 0 Å². The van der Waals surface area contributed by atoms with Crippen LogP contribution in [0, 0.1) is 0 Å². The van der Waals surface area contributed by atoms with Crippen LogP contribution in [-0.2, 0) is 28.4 Å². The molecule has 0 spiro atoms. The van der Waals surface area contributed by atoms with E-state index in [1.54, 1.807) is 101 Å². The zero-order valence-electron chi connectivity index (χ0n) is 69.7. The number of amides is 9. The third-order valence-corrected chi connectivity index (χ3v) is 18.6. The first-order valence-electron chi connectivity index (χ1n) is 41.3. The van der Waals surface area contributed by atoms with E-state index in [0.29, 0.717) is 111 Å². The molecule has 9 amide bonds. The summed E-state index contributed by atoms with van der Waals surface area (Å²) in [6.07, 6.45) is 5.26. The van der Waals surface area contributed by atoms with Gasteiger partial charge < -0.3 is 95.2 Å². The summed E-state index contributed by atoms with van der Waals surface area (Å²) in [5.74, 6) is -3.21. The van der Waals surface area contributed by atoms with E-state index in [1.165, 1.54) is 0 Å². The van der Waals surface area contributed by atoms with Gasteiger partial charge in [-0.3, -0.25) is 58.0 Å². The topological polar surface area (TPSA) is 367 Å². The highest BCUT2D eigenvalue weighted by atomic mass is 16.6. The van der Waals surface area contributed by atoms with Crippen LogP contribution in [0.25, 0.3) is 0 Å². The van der Waals surface area contributed by atoms with Gasteiger partial charge in [0.15, 0.2) is 0 Å². The van der Waals surface area contributed by atoms with Gasteiger partial charge in [0.2, 0.25) is 0 Å². The normalized spacial score (nSPS) is 16.0. The number of nitrogens with zero attached hydrogens (tertiary/aromatic N) is 4. The first-order valence-corrected chi connectivity index (χ1v) is 41.3. The Balaban J connectivity index is 1.27. The fourth-order valence-corrected chi connectivity index (χ4v) is 12.2. The number of carbonyl (C=O) groups excluding carboxylic acids is 9. The molecule has 8 bridgehead atoms. The molecule has 4 aromatic carbocycles. The molecule has 0 unspecified atom stereocenters. The minimum absolute atomic E-state index is 0.0939. The number of alkyl carbamates (subject to hydrolysis) is 1. The molecular formula is C84H129N13O19. The number of benzene rings is 4. The lowest BCUT2D eigenvalue weighted by molar-refractivity contribution is 0.0196. The predicted octanol–water partition coefficient (Wildman–Crippen LogP) is 5.81. The fourth-order valence-electron chi connectivity index (χ4n) is 12.2. The van der Waals surface area contributed by atoms with Crippen LogP contribution in [-0.4, -0.2) is 309 Å². The highest BCUT2D eigenvalue weighted by molar-refractivity contribution is 6.07. The second-order valence-corrected chi connectivity index (χ2v) is 28.8. The van der Waals surface area contributed by atoms with Gasteiger partial charge in [-0.1, -0.05) is 77.6 Å². The van der Waals surface area contributed by atoms with Crippen LogP contribution in [0.5, 0.6) is 23.0 Å². The molecule has 4 aromatic rings. The van der Waals surface area contributed by atoms with Crippen molar-refractivity contribution in [3.05, 3.63) is 117 Å². The molecule has 0 aliphatic carbocycles. The molecule has 0 aromatic heterocycles. The van der Waals surface area contributed by atoms with Gasteiger partial charge >= 0.3 is 6.09 Å². The van der Waals surface area contributed by atoms with Crippen molar-refractivity contribution in [1.29, 1.82) is 0 Å². The fraction of sp³-hybridized carbons (Fsp3) is 0.607. The van der Waals surface area contributed by atoms with Gasteiger partial charge in [0.05, 0.1) is 130 Å². The van der Waals surface area contributed by atoms with Gasteiger partial charge in [-0.15, -0.1) is 0 Å². The number of ether oxygens (including phenoxy) is 10. The number of fused-ring (bicyclic) bond motifs is 8. The molecule has 6 rings (SSSR count). The lowest BCUT2D eigenvalue weighted by atomic mass is 10.1. The molecular weight excluding hydrogens is 1490 g/mol. The lowest BCUT2D eigenvalue weighted by Gasteiger charge is -2.28. The minimum Gasteiger partial charge on any atom is -0.492 e. The van der Waals surface area contributed by atoms with Crippen LogP contribution in [0.2, 0.25) is 0 Å². The zero-order valence-corrected chi connectivity index (χ0v) is 69.7. The molecule has 0 saturated heterocycles. The number of rotatable bonds is 37. The SMILES string of the molecule is CCCCOc1c2cccc1C(=O)NCCN(CCN1CCNC(=O)c3cccc(c3OCCCC)C(=O)NCCN(CCOCCOCCOC)CCNC(=O)c3cccc(c3OCCCC)C(=O)NCC1)CCNC(=O)c1cccc(c1OCCCC)C(=O)NCCN(CCOCCOCCNC(=O)OC(C)(C)C)CCNC2=O. The number of methoxy groups -OCH3 is 1. The standard InChI is InChI=1S/C84H129N13O19/c1-9-13-50-112-71-63-21-17-25-67(71)79(102)89-33-42-96(48-55-109-60-59-108-54-37-93-83(106)116-84(5,6)7)43-34-90-80(103)68-26-18-22-64(72(68)113-51-14-10-2)76(99)86-30-39-94(38-29-85-75(63)98)46-47-95-40-31-87-77(100)65-23-19-27-69(73(65)114-52-15-11-3)81(104)91-35-44-97(49-56-110-61-62-111-58-57-107-8)45-36-92-82(105)70-28-20-24-66(78(101)88-32-41-95)74(70)115-53-16-12-4/h17-28H,9-16,29-62H2,1-8H3,(H,85,98)(H,86,99)(H,87,100)(H,88,101)(H,89,102)(H,90,103)(H,91,104)(H,92,105)(H,93,106). The highest BCUT2D eigenvalue weighted by Gasteiger charge is 2.28. The minimum atomic E-state index is -0.626. The van der Waals surface area contributed by atoms with Crippen molar-refractivity contribution in [3.63, 3.8) is 0 Å². The zero-order chi connectivity index (χ0) is 83.6. The largest absolute Gasteiger partial charge is 0.492 e. The van der Waals surface area contributed by atoms with Crippen molar-refractivity contribution in [3.8, 4) is 23.0 Å². The predicted molar refractivity (Wildman–Crippen MR) is 441 cm³/mol. The van der Waals surface area contributed by atoms with Crippen LogP contribution in [0.1, 0.15) is 183 Å². The second-order valence-electron chi connectivity index (χ2n) is 28.8. The molecule has 9 N–H and O–H groups in total. The first-order chi connectivity index (χ1) is 56.3. The second kappa shape index (κ2) is 55.4. The number of unbranched alkanes of at least 4 members (excludes halogenated alkanes) is 4. The van der Waals surface area contributed by atoms with E-state index in [2.05, 4.69) is 57.7 Å². The van der Waals surface area contributed by atoms with Gasteiger partial charge in [0.25, 0.3) is 47.3 Å². The molecule has 0 radical (unpaired) electrons. The molecule has 2 heterocycles. The molecule has 116 heavy (non-hydrogen) atoms. The Hall–Kier alpha value is -9.25. The number of nitrogens with one attached hydrogen (secondary N) is 9. The third-order valence-electron chi connectivity index (χ3n) is 18.6. The van der Waals surface area contributed by atoms with Crippen LogP contribution < -0.4 is 66.8 Å². The van der Waals surface area contributed by atoms with Gasteiger partial charge in [-0.25, -0.2) is 4.79 Å². The summed E-state index contributed by atoms with van der Waals surface area (Å²) in [6, 6.07) is 19.5. The number of carbonyl (C=O) groups is 9. The van der Waals surface area contributed by atoms with Crippen molar-refractivity contribution in [1.82, 2.24) is 67.5 Å². The summed E-state index contributed by atoms with van der Waals surface area (Å²) in [4.78, 5) is 136. The smallest absolute Gasteiger partial charge is 0.407 e. The van der Waals surface area contributed by atoms with E-state index in [4.69, 9.17) is 47.4 Å². The maximum Gasteiger partial charge on any atom is 0.407 e. The average Bonchev–Trinajstić information content (AvgIpc) is 0.834. The van der Waals surface area contributed by atoms with E-state index < -0.39 is 59.0 Å². The Morgan fingerprint density at radius 1 is 0.328 bits per heavy atom.